The SMILES string of the molecule is O=C(NCCc1csc2nc(-c3ccccc3F)nn12)C1(c2ccc(F)cc2)CC1. The van der Waals surface area contributed by atoms with Gasteiger partial charge in [0.2, 0.25) is 10.9 Å². The van der Waals surface area contributed by atoms with Crippen molar-refractivity contribution in [3.05, 3.63) is 76.8 Å². The molecule has 1 N–H and O–H groups in total. The molecule has 1 fully saturated rings. The third-order valence-electron chi connectivity index (χ3n) is 5.51. The summed E-state index contributed by atoms with van der Waals surface area (Å²) in [6, 6.07) is 12.6. The molecule has 1 aliphatic carbocycles. The monoisotopic (exact) mass is 424 g/mol. The van der Waals surface area contributed by atoms with E-state index in [0.29, 0.717) is 29.3 Å². The maximum atomic E-state index is 14.0. The van der Waals surface area contributed by atoms with Gasteiger partial charge in [0.05, 0.1) is 16.7 Å². The molecule has 5 nitrogen and oxygen atoms in total. The molecule has 152 valence electrons. The van der Waals surface area contributed by atoms with Crippen LogP contribution in [0.2, 0.25) is 0 Å². The Kier molecular flexibility index (Phi) is 4.58. The molecule has 5 rings (SSSR count). The molecule has 0 saturated heterocycles. The molecule has 1 saturated carbocycles. The molecule has 8 heteroatoms. The van der Waals surface area contributed by atoms with Crippen molar-refractivity contribution in [3.8, 4) is 11.4 Å². The zero-order valence-corrected chi connectivity index (χ0v) is 16.8. The third kappa shape index (κ3) is 3.27. The fourth-order valence-corrected chi connectivity index (χ4v) is 4.52. The predicted molar refractivity (Wildman–Crippen MR) is 110 cm³/mol. The Morgan fingerprint density at radius 1 is 1.13 bits per heavy atom. The van der Waals surface area contributed by atoms with Crippen LogP contribution in [0.1, 0.15) is 24.1 Å². The van der Waals surface area contributed by atoms with E-state index in [1.54, 1.807) is 34.8 Å². The van der Waals surface area contributed by atoms with Gasteiger partial charge in [-0.05, 0) is 42.7 Å². The van der Waals surface area contributed by atoms with E-state index in [1.807, 2.05) is 5.38 Å². The first-order chi connectivity index (χ1) is 14.6. The van der Waals surface area contributed by atoms with Crippen molar-refractivity contribution in [2.45, 2.75) is 24.7 Å². The van der Waals surface area contributed by atoms with Crippen LogP contribution in [0.4, 0.5) is 8.78 Å². The number of aromatic nitrogens is 3. The van der Waals surface area contributed by atoms with Gasteiger partial charge in [-0.1, -0.05) is 24.3 Å². The highest BCUT2D eigenvalue weighted by atomic mass is 32.1. The summed E-state index contributed by atoms with van der Waals surface area (Å²) in [6.45, 7) is 0.447. The lowest BCUT2D eigenvalue weighted by Gasteiger charge is -2.15. The Bertz CT molecular complexity index is 1230. The van der Waals surface area contributed by atoms with Crippen molar-refractivity contribution in [1.29, 1.82) is 0 Å². The molecule has 0 radical (unpaired) electrons. The second kappa shape index (κ2) is 7.28. The van der Waals surface area contributed by atoms with Crippen LogP contribution >= 0.6 is 11.3 Å². The van der Waals surface area contributed by atoms with Crippen LogP contribution in [-0.4, -0.2) is 27.0 Å². The highest BCUT2D eigenvalue weighted by molar-refractivity contribution is 7.15. The average molecular weight is 424 g/mol. The molecule has 2 heterocycles. The van der Waals surface area contributed by atoms with E-state index in [-0.39, 0.29) is 17.5 Å². The summed E-state index contributed by atoms with van der Waals surface area (Å²) < 4.78 is 28.9. The smallest absolute Gasteiger partial charge is 0.230 e. The molecule has 4 aromatic rings. The van der Waals surface area contributed by atoms with Crippen LogP contribution in [0.15, 0.2) is 53.9 Å². The molecule has 2 aromatic heterocycles. The van der Waals surface area contributed by atoms with Crippen LogP contribution < -0.4 is 5.32 Å². The summed E-state index contributed by atoms with van der Waals surface area (Å²) >= 11 is 1.43. The normalized spacial score (nSPS) is 14.7. The summed E-state index contributed by atoms with van der Waals surface area (Å²) in [5, 5.41) is 9.39. The highest BCUT2D eigenvalue weighted by Crippen LogP contribution is 2.48. The Balaban J connectivity index is 1.27. The maximum Gasteiger partial charge on any atom is 0.230 e. The summed E-state index contributed by atoms with van der Waals surface area (Å²) in [7, 11) is 0. The van der Waals surface area contributed by atoms with E-state index in [9.17, 15) is 13.6 Å². The van der Waals surface area contributed by atoms with E-state index < -0.39 is 5.41 Å². The first-order valence-electron chi connectivity index (χ1n) is 9.69. The standard InChI is InChI=1S/C22H18F2N4OS/c23-15-7-5-14(6-8-15)22(10-11-22)20(29)25-12-9-16-13-30-21-26-19(27-28(16)21)17-3-1-2-4-18(17)24/h1-8,13H,9-12H2,(H,25,29). The number of benzene rings is 2. The number of nitrogens with one attached hydrogen (secondary N) is 1. The number of rotatable bonds is 6. The topological polar surface area (TPSA) is 59.3 Å². The van der Waals surface area contributed by atoms with Crippen molar-refractivity contribution in [3.63, 3.8) is 0 Å². The van der Waals surface area contributed by atoms with Gasteiger partial charge in [0.1, 0.15) is 11.6 Å². The molecule has 1 amide bonds. The van der Waals surface area contributed by atoms with Gasteiger partial charge in [0, 0.05) is 18.3 Å². The molecular formula is C22H18F2N4OS. The van der Waals surface area contributed by atoms with Crippen molar-refractivity contribution in [1.82, 2.24) is 19.9 Å². The van der Waals surface area contributed by atoms with Crippen LogP contribution in [-0.2, 0) is 16.6 Å². The Morgan fingerprint density at radius 2 is 1.90 bits per heavy atom. The van der Waals surface area contributed by atoms with Gasteiger partial charge in [-0.2, -0.15) is 4.98 Å². The number of nitrogens with zero attached hydrogens (tertiary/aromatic N) is 3. The number of hydrogen-bond acceptors (Lipinski definition) is 4. The molecular weight excluding hydrogens is 406 g/mol. The average Bonchev–Trinajstić information content (AvgIpc) is 3.32. The first-order valence-corrected chi connectivity index (χ1v) is 10.6. The van der Waals surface area contributed by atoms with Gasteiger partial charge in [-0.15, -0.1) is 16.4 Å². The number of amides is 1. The van der Waals surface area contributed by atoms with Gasteiger partial charge in [0.15, 0.2) is 5.82 Å². The number of carbonyl (C=O) groups excluding carboxylic acids is 1. The number of thiazole rings is 1. The van der Waals surface area contributed by atoms with Gasteiger partial charge in [0.25, 0.3) is 0 Å². The second-order valence-electron chi connectivity index (χ2n) is 7.43. The zero-order valence-electron chi connectivity index (χ0n) is 15.9. The first kappa shape index (κ1) is 18.9. The van der Waals surface area contributed by atoms with Crippen molar-refractivity contribution >= 4 is 22.2 Å². The zero-order chi connectivity index (χ0) is 20.7. The van der Waals surface area contributed by atoms with Crippen molar-refractivity contribution in [2.75, 3.05) is 6.54 Å². The minimum Gasteiger partial charge on any atom is -0.355 e. The van der Waals surface area contributed by atoms with E-state index >= 15 is 0 Å². The lowest BCUT2D eigenvalue weighted by Crippen LogP contribution is -2.36. The summed E-state index contributed by atoms with van der Waals surface area (Å²) in [5.41, 5.74) is 1.58. The van der Waals surface area contributed by atoms with Gasteiger partial charge >= 0.3 is 0 Å². The minimum atomic E-state index is -0.539. The fourth-order valence-electron chi connectivity index (χ4n) is 3.67. The minimum absolute atomic E-state index is 0.0359. The number of hydrogen-bond donors (Lipinski definition) is 1. The fraction of sp³-hybridized carbons (Fsp3) is 0.227. The molecule has 30 heavy (non-hydrogen) atoms. The Morgan fingerprint density at radius 3 is 2.63 bits per heavy atom. The third-order valence-corrected chi connectivity index (χ3v) is 6.38. The molecule has 0 unspecified atom stereocenters. The van der Waals surface area contributed by atoms with E-state index in [1.165, 1.54) is 29.5 Å². The lowest BCUT2D eigenvalue weighted by molar-refractivity contribution is -0.123. The number of carbonyl (C=O) groups is 1. The predicted octanol–water partition coefficient (Wildman–Crippen LogP) is 4.13. The van der Waals surface area contributed by atoms with Crippen LogP contribution in [0.3, 0.4) is 0 Å². The molecule has 0 bridgehead atoms. The molecule has 2 aromatic carbocycles. The van der Waals surface area contributed by atoms with Gasteiger partial charge in [-0.3, -0.25) is 4.79 Å². The number of halogens is 2. The summed E-state index contributed by atoms with van der Waals surface area (Å²) in [4.78, 5) is 17.8. The molecule has 0 aliphatic heterocycles. The second-order valence-corrected chi connectivity index (χ2v) is 8.27. The van der Waals surface area contributed by atoms with Gasteiger partial charge < -0.3 is 5.32 Å². The van der Waals surface area contributed by atoms with Crippen LogP contribution in [0, 0.1) is 11.6 Å². The van der Waals surface area contributed by atoms with E-state index in [0.717, 1.165) is 24.1 Å². The Hall–Kier alpha value is -3.13. The van der Waals surface area contributed by atoms with E-state index in [4.69, 9.17) is 0 Å². The van der Waals surface area contributed by atoms with Gasteiger partial charge in [-0.25, -0.2) is 13.3 Å². The molecule has 0 spiro atoms. The molecule has 0 atom stereocenters. The number of fused-ring (bicyclic) bond motifs is 1. The van der Waals surface area contributed by atoms with Crippen LogP contribution in [0.25, 0.3) is 16.3 Å². The molecule has 1 aliphatic rings. The Labute approximate surface area is 175 Å². The summed E-state index contributed by atoms with van der Waals surface area (Å²) in [6.07, 6.45) is 2.11. The maximum absolute atomic E-state index is 14.0. The largest absolute Gasteiger partial charge is 0.355 e. The van der Waals surface area contributed by atoms with Crippen molar-refractivity contribution in [2.24, 2.45) is 0 Å². The van der Waals surface area contributed by atoms with Crippen LogP contribution in [0.5, 0.6) is 0 Å². The quantitative estimate of drug-likeness (QED) is 0.506. The lowest BCUT2D eigenvalue weighted by atomic mass is 9.95. The highest BCUT2D eigenvalue weighted by Gasteiger charge is 2.51. The van der Waals surface area contributed by atoms with E-state index in [2.05, 4.69) is 15.4 Å². The van der Waals surface area contributed by atoms with Crippen molar-refractivity contribution < 1.29 is 13.6 Å². The summed E-state index contributed by atoms with van der Waals surface area (Å²) in [5.74, 6) is -0.358.